The van der Waals surface area contributed by atoms with Gasteiger partial charge in [0.05, 0.1) is 0 Å². The third-order valence-electron chi connectivity index (χ3n) is 4.75. The quantitative estimate of drug-likeness (QED) is 0.422. The number of benzene rings is 2. The van der Waals surface area contributed by atoms with E-state index in [1.54, 1.807) is 0 Å². The molecular weight excluding hydrogens is 573 g/mol. The number of nitrogens with one attached hydrogen (secondary N) is 1. The molecule has 0 aliphatic carbocycles. The van der Waals surface area contributed by atoms with Crippen molar-refractivity contribution in [3.05, 3.63) is 54.1 Å². The van der Waals surface area contributed by atoms with Crippen molar-refractivity contribution in [1.29, 1.82) is 0 Å². The molecular formula is C20H24AuN4OS2-2. The Hall–Kier alpha value is -1.09. The van der Waals surface area contributed by atoms with Crippen molar-refractivity contribution in [3.63, 3.8) is 0 Å². The fourth-order valence-corrected chi connectivity index (χ4v) is 3.48. The SMILES string of the molecule is CN(C)c1ccc(C(=O)Nc2ccc(N3CCN(C([S-])[S-])CC3)cc2)cc1.[Au]. The minimum atomic E-state index is -0.225. The first-order valence-electron chi connectivity index (χ1n) is 8.93. The minimum absolute atomic E-state index is 0. The molecule has 1 aliphatic heterocycles. The Morgan fingerprint density at radius 1 is 0.964 bits per heavy atom. The van der Waals surface area contributed by atoms with E-state index in [4.69, 9.17) is 25.3 Å². The summed E-state index contributed by atoms with van der Waals surface area (Å²) in [6.45, 7) is 3.60. The van der Waals surface area contributed by atoms with Gasteiger partial charge >= 0.3 is 0 Å². The summed E-state index contributed by atoms with van der Waals surface area (Å²) < 4.78 is -0.225. The van der Waals surface area contributed by atoms with Gasteiger partial charge in [0, 0.05) is 85.3 Å². The summed E-state index contributed by atoms with van der Waals surface area (Å²) in [4.78, 5) is 18.9. The molecule has 0 unspecified atom stereocenters. The van der Waals surface area contributed by atoms with Crippen molar-refractivity contribution in [2.45, 2.75) is 4.71 Å². The molecule has 0 bridgehead atoms. The zero-order chi connectivity index (χ0) is 19.4. The maximum atomic E-state index is 12.4. The molecule has 2 aromatic rings. The van der Waals surface area contributed by atoms with Crippen LogP contribution in [0.5, 0.6) is 0 Å². The molecule has 1 N–H and O–H groups in total. The first-order valence-corrected chi connectivity index (χ1v) is 9.88. The normalized spacial score (nSPS) is 14.5. The van der Waals surface area contributed by atoms with Gasteiger partial charge in [-0.1, -0.05) is 0 Å². The molecule has 0 aromatic heterocycles. The van der Waals surface area contributed by atoms with Crippen LogP contribution in [0.4, 0.5) is 17.1 Å². The zero-order valence-electron chi connectivity index (χ0n) is 15.9. The van der Waals surface area contributed by atoms with E-state index in [1.165, 1.54) is 0 Å². The molecule has 1 amide bonds. The number of anilines is 3. The van der Waals surface area contributed by atoms with Crippen molar-refractivity contribution < 1.29 is 27.2 Å². The van der Waals surface area contributed by atoms with E-state index < -0.39 is 0 Å². The van der Waals surface area contributed by atoms with Crippen LogP contribution in [0.1, 0.15) is 10.4 Å². The van der Waals surface area contributed by atoms with Gasteiger partial charge in [0.1, 0.15) is 0 Å². The molecule has 0 spiro atoms. The summed E-state index contributed by atoms with van der Waals surface area (Å²) in [6, 6.07) is 15.5. The van der Waals surface area contributed by atoms with E-state index in [9.17, 15) is 4.79 Å². The van der Waals surface area contributed by atoms with Crippen molar-refractivity contribution in [2.24, 2.45) is 0 Å². The average molecular weight is 598 g/mol. The Morgan fingerprint density at radius 3 is 2.04 bits per heavy atom. The van der Waals surface area contributed by atoms with Gasteiger partial charge in [-0.15, -0.1) is 0 Å². The predicted octanol–water partition coefficient (Wildman–Crippen LogP) is 2.50. The molecule has 5 nitrogen and oxygen atoms in total. The standard InChI is InChI=1S/C20H26N4OS2.Au/c1-22(2)17-7-3-15(4-8-17)19(25)21-16-5-9-18(10-6-16)23-11-13-24(14-12-23)20(26)27;/h3-10,20,26-27H,11-14H2,1-2H3,(H,21,25);/p-2. The topological polar surface area (TPSA) is 38.8 Å². The largest absolute Gasteiger partial charge is 0.800 e. The van der Waals surface area contributed by atoms with E-state index in [-0.39, 0.29) is 33.0 Å². The smallest absolute Gasteiger partial charge is 0.255 e. The molecule has 1 aliphatic rings. The minimum Gasteiger partial charge on any atom is -0.800 e. The van der Waals surface area contributed by atoms with Crippen LogP contribution in [-0.2, 0) is 47.6 Å². The third kappa shape index (κ3) is 5.95. The summed E-state index contributed by atoms with van der Waals surface area (Å²) in [7, 11) is 3.95. The van der Waals surface area contributed by atoms with Crippen LogP contribution in [-0.4, -0.2) is 55.8 Å². The van der Waals surface area contributed by atoms with Crippen molar-refractivity contribution in [2.75, 3.05) is 55.4 Å². The van der Waals surface area contributed by atoms with Crippen LogP contribution in [0, 0.1) is 0 Å². The van der Waals surface area contributed by atoms with Gasteiger partial charge in [0.2, 0.25) is 0 Å². The Morgan fingerprint density at radius 2 is 1.54 bits per heavy atom. The number of piperazine rings is 1. The molecule has 1 fully saturated rings. The van der Waals surface area contributed by atoms with Crippen LogP contribution in [0.25, 0.3) is 0 Å². The monoisotopic (exact) mass is 597 g/mol. The first-order chi connectivity index (χ1) is 12.9. The number of hydrogen-bond acceptors (Lipinski definition) is 6. The maximum Gasteiger partial charge on any atom is 0.255 e. The number of carbonyl (C=O) groups excluding carboxylic acids is 1. The van der Waals surface area contributed by atoms with Crippen LogP contribution in [0.2, 0.25) is 0 Å². The summed E-state index contributed by atoms with van der Waals surface area (Å²) in [6.07, 6.45) is 0. The van der Waals surface area contributed by atoms with Gasteiger partial charge in [0.15, 0.2) is 0 Å². The molecule has 0 atom stereocenters. The van der Waals surface area contributed by atoms with Crippen LogP contribution in [0.3, 0.4) is 0 Å². The maximum absolute atomic E-state index is 12.4. The predicted molar refractivity (Wildman–Crippen MR) is 117 cm³/mol. The second-order valence-electron chi connectivity index (χ2n) is 6.77. The average Bonchev–Trinajstić information content (AvgIpc) is 2.68. The Labute approximate surface area is 193 Å². The van der Waals surface area contributed by atoms with E-state index in [1.807, 2.05) is 67.5 Å². The Bertz CT molecular complexity index is 761. The zero-order valence-corrected chi connectivity index (χ0v) is 19.7. The second-order valence-corrected chi connectivity index (χ2v) is 7.96. The number of nitrogens with zero attached hydrogens (tertiary/aromatic N) is 3. The molecule has 2 aromatic carbocycles. The van der Waals surface area contributed by atoms with Crippen molar-refractivity contribution >= 4 is 48.2 Å². The summed E-state index contributed by atoms with van der Waals surface area (Å²) in [5, 5.41) is 2.95. The van der Waals surface area contributed by atoms with E-state index >= 15 is 0 Å². The van der Waals surface area contributed by atoms with E-state index in [2.05, 4.69) is 15.1 Å². The Balaban J connectivity index is 0.00000280. The van der Waals surface area contributed by atoms with Gasteiger partial charge in [-0.05, 0) is 48.5 Å². The van der Waals surface area contributed by atoms with Crippen molar-refractivity contribution in [3.8, 4) is 0 Å². The summed E-state index contributed by atoms with van der Waals surface area (Å²) >= 11 is 10.3. The Kier molecular flexibility index (Phi) is 8.80. The van der Waals surface area contributed by atoms with Crippen LogP contribution >= 0.6 is 0 Å². The van der Waals surface area contributed by atoms with Crippen LogP contribution in [0.15, 0.2) is 48.5 Å². The molecule has 3 rings (SSSR count). The fourth-order valence-electron chi connectivity index (χ4n) is 3.06. The van der Waals surface area contributed by atoms with Crippen LogP contribution < -0.4 is 15.1 Å². The molecule has 8 heteroatoms. The number of carbonyl (C=O) groups is 1. The van der Waals surface area contributed by atoms with Gasteiger partial charge in [-0.25, -0.2) is 4.71 Å². The molecule has 1 radical (unpaired) electrons. The summed E-state index contributed by atoms with van der Waals surface area (Å²) in [5.74, 6) is -0.108. The molecule has 1 saturated heterocycles. The number of rotatable bonds is 5. The van der Waals surface area contributed by atoms with E-state index in [0.29, 0.717) is 5.56 Å². The molecule has 1 heterocycles. The second kappa shape index (κ2) is 10.6. The molecule has 28 heavy (non-hydrogen) atoms. The number of hydrogen-bond donors (Lipinski definition) is 1. The number of amides is 1. The van der Waals surface area contributed by atoms with Gasteiger partial charge in [0.25, 0.3) is 5.91 Å². The molecule has 155 valence electrons. The molecule has 0 saturated carbocycles. The third-order valence-corrected chi connectivity index (χ3v) is 5.34. The van der Waals surface area contributed by atoms with Gasteiger partial charge in [-0.3, -0.25) is 4.79 Å². The first kappa shape index (κ1) is 23.2. The van der Waals surface area contributed by atoms with Gasteiger partial charge in [-0.2, -0.15) is 0 Å². The summed E-state index contributed by atoms with van der Waals surface area (Å²) in [5.41, 5.74) is 3.64. The fraction of sp³-hybridized carbons (Fsp3) is 0.350. The van der Waals surface area contributed by atoms with E-state index in [0.717, 1.165) is 43.2 Å². The van der Waals surface area contributed by atoms with Crippen molar-refractivity contribution in [1.82, 2.24) is 4.90 Å². The van der Waals surface area contributed by atoms with Gasteiger partial charge < -0.3 is 45.3 Å².